The van der Waals surface area contributed by atoms with E-state index in [9.17, 15) is 14.4 Å². The maximum atomic E-state index is 17.8. The number of rotatable bonds is 10. The first-order chi connectivity index (χ1) is 30.7. The van der Waals surface area contributed by atoms with Gasteiger partial charge in [-0.1, -0.05) is 81.4 Å². The highest BCUT2D eigenvalue weighted by Crippen LogP contribution is 2.50. The minimum absolute atomic E-state index is 0.0482. The fourth-order valence-electron chi connectivity index (χ4n) is 9.63. The van der Waals surface area contributed by atoms with Crippen molar-refractivity contribution in [3.05, 3.63) is 131 Å². The predicted molar refractivity (Wildman–Crippen MR) is 246 cm³/mol. The van der Waals surface area contributed by atoms with E-state index < -0.39 is 102 Å². The fraction of sp³-hybridized carbons (Fsp3) is 0.431. The molecule has 15 heteroatoms. The number of hydrogen-bond acceptors (Lipinski definition) is 7. The molecule has 1 saturated heterocycles. The lowest BCUT2D eigenvalue weighted by Crippen LogP contribution is -2.67. The van der Waals surface area contributed by atoms with Gasteiger partial charge in [-0.05, 0) is 106 Å². The maximum absolute atomic E-state index is 17.8. The third kappa shape index (κ3) is 9.30. The molecular formula is C51H58F5N3O6Si. The van der Waals surface area contributed by atoms with Crippen LogP contribution in [0, 0.1) is 23.4 Å². The van der Waals surface area contributed by atoms with Gasteiger partial charge >= 0.3 is 12.2 Å². The van der Waals surface area contributed by atoms with Gasteiger partial charge in [0, 0.05) is 42.1 Å². The van der Waals surface area contributed by atoms with Gasteiger partial charge in [0.15, 0.2) is 5.78 Å². The Morgan fingerprint density at radius 1 is 0.758 bits per heavy atom. The predicted octanol–water partition coefficient (Wildman–Crippen LogP) is 10.3. The van der Waals surface area contributed by atoms with Crippen molar-refractivity contribution in [2.24, 2.45) is 5.92 Å². The van der Waals surface area contributed by atoms with Gasteiger partial charge in [-0.2, -0.15) is 0 Å². The van der Waals surface area contributed by atoms with E-state index in [-0.39, 0.29) is 47.2 Å². The zero-order valence-electron chi connectivity index (χ0n) is 39.1. The van der Waals surface area contributed by atoms with Crippen molar-refractivity contribution in [3.8, 4) is 0 Å². The smallest absolute Gasteiger partial charge is 0.419 e. The first-order valence-electron chi connectivity index (χ1n) is 22.2. The SMILES string of the molecule is C[C@@H]1Cc2c(n(C(=O)OC(C)(C)C)c3ccc(F)cc23)[C@@](CC(F)(F)CO[Si](c2ccccc2)(c2ccccc2)C(C)(C)C)(c2c(F)cc(C(=O)C3CN(C(=O)OC(C)(C)C)C3)cc2F)N1. The summed E-state index contributed by atoms with van der Waals surface area (Å²) >= 11 is 0. The highest BCUT2D eigenvalue weighted by molar-refractivity contribution is 6.99. The molecule has 1 N–H and O–H groups in total. The van der Waals surface area contributed by atoms with Crippen LogP contribution < -0.4 is 15.7 Å². The minimum Gasteiger partial charge on any atom is -0.444 e. The number of fused-ring (bicyclic) bond motifs is 3. The normalized spacial score (nSPS) is 18.5. The molecule has 4 aromatic carbocycles. The molecule has 2 aliphatic heterocycles. The number of ether oxygens (including phenoxy) is 2. The average Bonchev–Trinajstić information content (AvgIpc) is 3.50. The van der Waals surface area contributed by atoms with Gasteiger partial charge in [0.05, 0.1) is 29.3 Å². The van der Waals surface area contributed by atoms with Crippen LogP contribution in [-0.4, -0.2) is 78.6 Å². The third-order valence-electron chi connectivity index (χ3n) is 12.1. The minimum atomic E-state index is -3.90. The molecule has 1 aromatic heterocycles. The standard InChI is InChI=1S/C51H58F5N3O6Si/c1-31-23-38-37-26-34(52)21-22-41(37)59(46(62)65-48(5,6)7)44(38)51(57-31,42-39(53)24-32(25-40(42)54)43(60)33-27-58(28-33)45(61)64-47(2,3)4)29-50(55,56)30-63-66(49(8,9)10,35-17-13-11-14-18-35)36-19-15-12-16-20-36/h11-22,24-26,31,33,57H,23,27-30H2,1-10H3/t31-,51-/m1/s1. The van der Waals surface area contributed by atoms with Gasteiger partial charge in [-0.25, -0.2) is 36.1 Å². The van der Waals surface area contributed by atoms with Crippen molar-refractivity contribution in [1.29, 1.82) is 0 Å². The first kappa shape index (κ1) is 48.5. The third-order valence-corrected chi connectivity index (χ3v) is 17.1. The summed E-state index contributed by atoms with van der Waals surface area (Å²) in [7, 11) is -3.62. The number of alkyl halides is 2. The number of aromatic nitrogens is 1. The summed E-state index contributed by atoms with van der Waals surface area (Å²) in [4.78, 5) is 42.2. The average molecular weight is 932 g/mol. The number of halogens is 5. The molecule has 0 radical (unpaired) electrons. The number of benzene rings is 4. The summed E-state index contributed by atoms with van der Waals surface area (Å²) < 4.78 is 105. The molecule has 66 heavy (non-hydrogen) atoms. The molecule has 7 rings (SSSR count). The van der Waals surface area contributed by atoms with Crippen LogP contribution in [0.15, 0.2) is 91.0 Å². The molecule has 0 saturated carbocycles. The van der Waals surface area contributed by atoms with Crippen LogP contribution in [0.5, 0.6) is 0 Å². The number of hydrogen-bond donors (Lipinski definition) is 1. The fourth-order valence-corrected chi connectivity index (χ4v) is 14.2. The highest BCUT2D eigenvalue weighted by atomic mass is 28.4. The molecule has 3 heterocycles. The van der Waals surface area contributed by atoms with Crippen LogP contribution in [0.4, 0.5) is 31.5 Å². The molecule has 1 amide bonds. The van der Waals surface area contributed by atoms with Gasteiger partial charge in [0.1, 0.15) is 28.7 Å². The van der Waals surface area contributed by atoms with Crippen molar-refractivity contribution < 1.29 is 50.2 Å². The van der Waals surface area contributed by atoms with Gasteiger partial charge in [-0.3, -0.25) is 10.1 Å². The summed E-state index contributed by atoms with van der Waals surface area (Å²) in [5, 5.41) is 4.04. The van der Waals surface area contributed by atoms with Crippen LogP contribution in [0.1, 0.15) is 103 Å². The topological polar surface area (TPSA) is 99.1 Å². The Morgan fingerprint density at radius 3 is 1.80 bits per heavy atom. The second-order valence-corrected chi connectivity index (χ2v) is 25.0. The zero-order chi connectivity index (χ0) is 48.4. The molecule has 5 aromatic rings. The van der Waals surface area contributed by atoms with E-state index in [1.54, 1.807) is 48.5 Å². The molecule has 0 spiro atoms. The van der Waals surface area contributed by atoms with Gasteiger partial charge in [0.25, 0.3) is 14.2 Å². The molecule has 0 unspecified atom stereocenters. The van der Waals surface area contributed by atoms with Gasteiger partial charge in [-0.15, -0.1) is 0 Å². The molecular weight excluding hydrogens is 874 g/mol. The van der Waals surface area contributed by atoms with Crippen molar-refractivity contribution in [2.75, 3.05) is 19.7 Å². The number of amides is 1. The number of nitrogens with one attached hydrogen (secondary N) is 1. The number of ketones is 1. The molecule has 1 fully saturated rings. The molecule has 2 aliphatic rings. The van der Waals surface area contributed by atoms with Crippen LogP contribution in [-0.2, 0) is 25.9 Å². The summed E-state index contributed by atoms with van der Waals surface area (Å²) in [5.74, 6) is -8.76. The molecule has 9 nitrogen and oxygen atoms in total. The van der Waals surface area contributed by atoms with Crippen molar-refractivity contribution >= 4 is 47.6 Å². The van der Waals surface area contributed by atoms with Gasteiger partial charge in [0.2, 0.25) is 0 Å². The monoisotopic (exact) mass is 931 g/mol. The molecule has 352 valence electrons. The zero-order valence-corrected chi connectivity index (χ0v) is 40.1. The van der Waals surface area contributed by atoms with E-state index >= 15 is 22.0 Å². The lowest BCUT2D eigenvalue weighted by atomic mass is 9.74. The second kappa shape index (κ2) is 17.4. The Morgan fingerprint density at radius 2 is 1.29 bits per heavy atom. The largest absolute Gasteiger partial charge is 0.444 e. The van der Waals surface area contributed by atoms with Crippen molar-refractivity contribution in [1.82, 2.24) is 14.8 Å². The lowest BCUT2D eigenvalue weighted by molar-refractivity contribution is -0.0704. The second-order valence-electron chi connectivity index (χ2n) is 20.7. The summed E-state index contributed by atoms with van der Waals surface area (Å²) in [6.07, 6.45) is -2.99. The van der Waals surface area contributed by atoms with Crippen LogP contribution in [0.3, 0.4) is 0 Å². The molecule has 0 bridgehead atoms. The highest BCUT2D eigenvalue weighted by Gasteiger charge is 2.57. The van der Waals surface area contributed by atoms with Crippen molar-refractivity contribution in [3.63, 3.8) is 0 Å². The number of likely N-dealkylation sites (tertiary alicyclic amines) is 1. The van der Waals surface area contributed by atoms with Crippen LogP contribution >= 0.6 is 0 Å². The van der Waals surface area contributed by atoms with E-state index in [1.807, 2.05) is 81.4 Å². The maximum Gasteiger partial charge on any atom is 0.419 e. The molecule has 2 atom stereocenters. The lowest BCUT2D eigenvalue weighted by Gasteiger charge is -2.46. The number of nitrogens with zero attached hydrogens (tertiary/aromatic N) is 2. The van der Waals surface area contributed by atoms with Crippen LogP contribution in [0.25, 0.3) is 10.9 Å². The first-order valence-corrected chi connectivity index (χ1v) is 24.1. The van der Waals surface area contributed by atoms with Crippen LogP contribution in [0.2, 0.25) is 5.04 Å². The Balaban J connectivity index is 1.40. The van der Waals surface area contributed by atoms with E-state index in [2.05, 4.69) is 5.32 Å². The number of carbonyl (C=O) groups is 3. The number of carbonyl (C=O) groups excluding carboxylic acids is 3. The van der Waals surface area contributed by atoms with Crippen molar-refractivity contribution in [2.45, 2.75) is 116 Å². The number of Topliss-reactive ketones (excluding diaryl/α,β-unsaturated/α-hetero) is 1. The summed E-state index contributed by atoms with van der Waals surface area (Å²) in [5.41, 5.74) is -5.71. The Kier molecular flexibility index (Phi) is 12.8. The molecule has 0 aliphatic carbocycles. The summed E-state index contributed by atoms with van der Waals surface area (Å²) in [6.45, 7) is 16.0. The van der Waals surface area contributed by atoms with E-state index in [1.165, 1.54) is 11.0 Å². The van der Waals surface area contributed by atoms with E-state index in [4.69, 9.17) is 13.9 Å². The Bertz CT molecular complexity index is 2590. The Labute approximate surface area is 383 Å². The quantitative estimate of drug-likeness (QED) is 0.0846. The summed E-state index contributed by atoms with van der Waals surface area (Å²) in [6, 6.07) is 22.7. The van der Waals surface area contributed by atoms with E-state index in [0.717, 1.165) is 39.2 Å². The Hall–Kier alpha value is -5.38. The van der Waals surface area contributed by atoms with Gasteiger partial charge < -0.3 is 18.8 Å². The van der Waals surface area contributed by atoms with E-state index in [0.29, 0.717) is 0 Å².